The van der Waals surface area contributed by atoms with Crippen molar-refractivity contribution in [2.24, 2.45) is 0 Å². The zero-order chi connectivity index (χ0) is 15.3. The summed E-state index contributed by atoms with van der Waals surface area (Å²) in [6.45, 7) is 5.99. The molecule has 0 amide bonds. The first kappa shape index (κ1) is 17.0. The van der Waals surface area contributed by atoms with Crippen LogP contribution in [0.25, 0.3) is 0 Å². The van der Waals surface area contributed by atoms with Crippen LogP contribution in [0, 0.1) is 0 Å². The Kier molecular flexibility index (Phi) is 6.26. The second-order valence-electron chi connectivity index (χ2n) is 5.88. The Labute approximate surface area is 136 Å². The van der Waals surface area contributed by atoms with Gasteiger partial charge in [0.2, 0.25) is 0 Å². The molecule has 21 heavy (non-hydrogen) atoms. The standard InChI is InChI=1S/C16H28BrN3O/c1-4-11-20-14(13(17)12-19-20)15(18-3)16(21-5-2)9-7-6-8-10-16/h12,15,18H,4-11H2,1-3H3. The average molecular weight is 358 g/mol. The van der Waals surface area contributed by atoms with Gasteiger partial charge in [0.05, 0.1) is 28.0 Å². The maximum atomic E-state index is 6.31. The van der Waals surface area contributed by atoms with Crippen LogP contribution in [0.5, 0.6) is 0 Å². The Morgan fingerprint density at radius 2 is 2.10 bits per heavy atom. The Hall–Kier alpha value is -0.390. The molecule has 1 unspecified atom stereocenters. The molecule has 0 aliphatic heterocycles. The molecule has 0 bridgehead atoms. The van der Waals surface area contributed by atoms with Crippen molar-refractivity contribution in [3.8, 4) is 0 Å². The highest BCUT2D eigenvalue weighted by Gasteiger charge is 2.43. The van der Waals surface area contributed by atoms with Crippen LogP contribution in [0.15, 0.2) is 10.7 Å². The van der Waals surface area contributed by atoms with Crippen LogP contribution in [0.1, 0.15) is 64.1 Å². The van der Waals surface area contributed by atoms with Crippen molar-refractivity contribution >= 4 is 15.9 Å². The first-order valence-corrected chi connectivity index (χ1v) is 9.00. The summed E-state index contributed by atoms with van der Waals surface area (Å²) >= 11 is 3.69. The number of hydrogen-bond donors (Lipinski definition) is 1. The lowest BCUT2D eigenvalue weighted by Gasteiger charge is -2.43. The third kappa shape index (κ3) is 3.51. The SMILES string of the molecule is CCCn1ncc(Br)c1C(NC)C1(OCC)CCCCC1. The van der Waals surface area contributed by atoms with E-state index in [0.717, 1.165) is 36.9 Å². The van der Waals surface area contributed by atoms with E-state index in [1.54, 1.807) is 0 Å². The summed E-state index contributed by atoms with van der Waals surface area (Å²) in [5, 5.41) is 8.06. The second-order valence-corrected chi connectivity index (χ2v) is 6.74. The zero-order valence-corrected chi connectivity index (χ0v) is 15.1. The summed E-state index contributed by atoms with van der Waals surface area (Å²) in [5.74, 6) is 0. The number of aryl methyl sites for hydroxylation is 1. The molecule has 1 aliphatic rings. The Morgan fingerprint density at radius 1 is 1.38 bits per heavy atom. The van der Waals surface area contributed by atoms with Gasteiger partial charge in [-0.1, -0.05) is 26.2 Å². The quantitative estimate of drug-likeness (QED) is 0.799. The Balaban J connectivity index is 2.38. The maximum Gasteiger partial charge on any atom is 0.0891 e. The minimum Gasteiger partial charge on any atom is -0.373 e. The third-order valence-electron chi connectivity index (χ3n) is 4.49. The summed E-state index contributed by atoms with van der Waals surface area (Å²) in [6.07, 6.45) is 9.05. The van der Waals surface area contributed by atoms with E-state index >= 15 is 0 Å². The van der Waals surface area contributed by atoms with Gasteiger partial charge < -0.3 is 10.1 Å². The lowest BCUT2D eigenvalue weighted by molar-refractivity contribution is -0.0916. The molecule has 4 nitrogen and oxygen atoms in total. The molecule has 1 atom stereocenters. The second kappa shape index (κ2) is 7.75. The predicted octanol–water partition coefficient (Wildman–Crippen LogP) is 4.06. The number of nitrogens with one attached hydrogen (secondary N) is 1. The molecule has 2 rings (SSSR count). The summed E-state index contributed by atoms with van der Waals surface area (Å²) < 4.78 is 9.52. The van der Waals surface area contributed by atoms with E-state index < -0.39 is 0 Å². The lowest BCUT2D eigenvalue weighted by Crippen LogP contribution is -2.47. The monoisotopic (exact) mass is 357 g/mol. The molecule has 1 aromatic heterocycles. The Bertz CT molecular complexity index is 435. The molecule has 1 heterocycles. The fraction of sp³-hybridized carbons (Fsp3) is 0.812. The normalized spacial score (nSPS) is 19.6. The van der Waals surface area contributed by atoms with Crippen LogP contribution in [-0.2, 0) is 11.3 Å². The number of nitrogens with zero attached hydrogens (tertiary/aromatic N) is 2. The maximum absolute atomic E-state index is 6.31. The van der Waals surface area contributed by atoms with Crippen molar-refractivity contribution in [3.63, 3.8) is 0 Å². The number of halogens is 1. The van der Waals surface area contributed by atoms with Crippen molar-refractivity contribution in [2.75, 3.05) is 13.7 Å². The highest BCUT2D eigenvalue weighted by Crippen LogP contribution is 2.43. The predicted molar refractivity (Wildman–Crippen MR) is 89.5 cm³/mol. The van der Waals surface area contributed by atoms with Crippen LogP contribution >= 0.6 is 15.9 Å². The molecular formula is C16H28BrN3O. The van der Waals surface area contributed by atoms with Gasteiger partial charge in [0, 0.05) is 13.2 Å². The van der Waals surface area contributed by atoms with Crippen molar-refractivity contribution in [3.05, 3.63) is 16.4 Å². The molecule has 1 fully saturated rings. The van der Waals surface area contributed by atoms with E-state index in [1.807, 2.05) is 13.2 Å². The van der Waals surface area contributed by atoms with Crippen LogP contribution in [0.3, 0.4) is 0 Å². The first-order chi connectivity index (χ1) is 10.2. The number of ether oxygens (including phenoxy) is 1. The van der Waals surface area contributed by atoms with E-state index in [0.29, 0.717) is 0 Å². The van der Waals surface area contributed by atoms with Crippen molar-refractivity contribution in [2.45, 2.75) is 70.6 Å². The first-order valence-electron chi connectivity index (χ1n) is 8.21. The summed E-state index contributed by atoms with van der Waals surface area (Å²) in [5.41, 5.74) is 1.13. The van der Waals surface area contributed by atoms with E-state index in [9.17, 15) is 0 Å². The van der Waals surface area contributed by atoms with E-state index in [-0.39, 0.29) is 11.6 Å². The number of aromatic nitrogens is 2. The van der Waals surface area contributed by atoms with Gasteiger partial charge in [-0.05, 0) is 49.2 Å². The largest absolute Gasteiger partial charge is 0.373 e. The minimum atomic E-state index is -0.101. The van der Waals surface area contributed by atoms with Gasteiger partial charge in [0.25, 0.3) is 0 Å². The Morgan fingerprint density at radius 3 is 2.67 bits per heavy atom. The molecule has 0 aromatic carbocycles. The molecule has 5 heteroatoms. The van der Waals surface area contributed by atoms with Gasteiger partial charge in [-0.15, -0.1) is 0 Å². The summed E-state index contributed by atoms with van der Waals surface area (Å²) in [7, 11) is 2.04. The van der Waals surface area contributed by atoms with E-state index in [4.69, 9.17) is 4.74 Å². The third-order valence-corrected chi connectivity index (χ3v) is 5.10. The van der Waals surface area contributed by atoms with E-state index in [1.165, 1.54) is 25.0 Å². The molecule has 1 aliphatic carbocycles. The van der Waals surface area contributed by atoms with Crippen LogP contribution in [-0.4, -0.2) is 29.0 Å². The molecule has 1 saturated carbocycles. The molecular weight excluding hydrogens is 330 g/mol. The van der Waals surface area contributed by atoms with Gasteiger partial charge in [0.15, 0.2) is 0 Å². The smallest absolute Gasteiger partial charge is 0.0891 e. The molecule has 0 saturated heterocycles. The number of likely N-dealkylation sites (N-methyl/N-ethyl adjacent to an activating group) is 1. The van der Waals surface area contributed by atoms with Gasteiger partial charge in [-0.2, -0.15) is 5.10 Å². The topological polar surface area (TPSA) is 39.1 Å². The number of rotatable bonds is 7. The van der Waals surface area contributed by atoms with Crippen molar-refractivity contribution < 1.29 is 4.74 Å². The molecule has 0 spiro atoms. The van der Waals surface area contributed by atoms with Crippen molar-refractivity contribution in [1.29, 1.82) is 0 Å². The van der Waals surface area contributed by atoms with Crippen molar-refractivity contribution in [1.82, 2.24) is 15.1 Å². The van der Waals surface area contributed by atoms with Crippen LogP contribution < -0.4 is 5.32 Å². The van der Waals surface area contributed by atoms with Gasteiger partial charge in [-0.25, -0.2) is 0 Å². The fourth-order valence-electron chi connectivity index (χ4n) is 3.65. The summed E-state index contributed by atoms with van der Waals surface area (Å²) in [4.78, 5) is 0. The zero-order valence-electron chi connectivity index (χ0n) is 13.5. The van der Waals surface area contributed by atoms with Gasteiger partial charge in [-0.3, -0.25) is 4.68 Å². The van der Waals surface area contributed by atoms with Crippen LogP contribution in [0.2, 0.25) is 0 Å². The minimum absolute atomic E-state index is 0.101. The van der Waals surface area contributed by atoms with Gasteiger partial charge in [0.1, 0.15) is 0 Å². The highest BCUT2D eigenvalue weighted by molar-refractivity contribution is 9.10. The molecule has 0 radical (unpaired) electrons. The highest BCUT2D eigenvalue weighted by atomic mass is 79.9. The average Bonchev–Trinajstić information content (AvgIpc) is 2.83. The molecule has 1 N–H and O–H groups in total. The molecule has 120 valence electrons. The summed E-state index contributed by atoms with van der Waals surface area (Å²) in [6, 6.07) is 0.182. The molecule has 1 aromatic rings. The fourth-order valence-corrected chi connectivity index (χ4v) is 4.18. The van der Waals surface area contributed by atoms with E-state index in [2.05, 4.69) is 44.9 Å². The van der Waals surface area contributed by atoms with Gasteiger partial charge >= 0.3 is 0 Å². The number of hydrogen-bond acceptors (Lipinski definition) is 3. The lowest BCUT2D eigenvalue weighted by atomic mass is 9.78. The van der Waals surface area contributed by atoms with Crippen LogP contribution in [0.4, 0.5) is 0 Å².